The molecule has 0 aliphatic heterocycles. The standard InChI is InChI=1S/C18H19N3O2S/c1-23-14-7-4-6-13-17(14)11(10-19-13)9-16(22)21-18-20-12-5-2-3-8-15(12)24-18/h4,6-7,10,19H,2-3,5,8-9H2,1H3,(H,20,21,22). The first-order valence-corrected chi connectivity index (χ1v) is 8.97. The number of hydrogen-bond acceptors (Lipinski definition) is 4. The van der Waals surface area contributed by atoms with Crippen LogP contribution in [-0.4, -0.2) is 23.0 Å². The first-order valence-electron chi connectivity index (χ1n) is 8.16. The Morgan fingerprint density at radius 1 is 1.38 bits per heavy atom. The van der Waals surface area contributed by atoms with Gasteiger partial charge in [-0.25, -0.2) is 4.98 Å². The molecule has 2 N–H and O–H groups in total. The summed E-state index contributed by atoms with van der Waals surface area (Å²) in [5.74, 6) is 0.731. The van der Waals surface area contributed by atoms with Crippen LogP contribution in [0.2, 0.25) is 0 Å². The Bertz CT molecular complexity index is 873. The van der Waals surface area contributed by atoms with E-state index in [0.29, 0.717) is 6.42 Å². The van der Waals surface area contributed by atoms with E-state index in [4.69, 9.17) is 4.74 Å². The molecular weight excluding hydrogens is 322 g/mol. The van der Waals surface area contributed by atoms with Crippen molar-refractivity contribution in [2.24, 2.45) is 0 Å². The van der Waals surface area contributed by atoms with Crippen molar-refractivity contribution in [2.45, 2.75) is 32.1 Å². The van der Waals surface area contributed by atoms with Crippen LogP contribution in [0.15, 0.2) is 24.4 Å². The molecule has 2 aromatic heterocycles. The maximum absolute atomic E-state index is 12.4. The van der Waals surface area contributed by atoms with Gasteiger partial charge < -0.3 is 15.0 Å². The van der Waals surface area contributed by atoms with Crippen LogP contribution in [0, 0.1) is 0 Å². The quantitative estimate of drug-likeness (QED) is 0.760. The minimum absolute atomic E-state index is 0.0482. The van der Waals surface area contributed by atoms with E-state index in [1.807, 2.05) is 24.4 Å². The van der Waals surface area contributed by atoms with Gasteiger partial charge in [0.05, 0.1) is 19.2 Å². The number of nitrogens with zero attached hydrogens (tertiary/aromatic N) is 1. The second-order valence-corrected chi connectivity index (χ2v) is 7.10. The number of carbonyl (C=O) groups excluding carboxylic acids is 1. The summed E-state index contributed by atoms with van der Waals surface area (Å²) in [7, 11) is 1.64. The van der Waals surface area contributed by atoms with E-state index in [1.165, 1.54) is 17.7 Å². The number of thiazole rings is 1. The second-order valence-electron chi connectivity index (χ2n) is 6.02. The normalized spacial score (nSPS) is 13.7. The maximum Gasteiger partial charge on any atom is 0.230 e. The molecule has 124 valence electrons. The van der Waals surface area contributed by atoms with Gasteiger partial charge in [-0.2, -0.15) is 0 Å². The second kappa shape index (κ2) is 6.28. The van der Waals surface area contributed by atoms with Crippen LogP contribution in [0.3, 0.4) is 0 Å². The first-order chi connectivity index (χ1) is 11.7. The van der Waals surface area contributed by atoms with E-state index >= 15 is 0 Å². The van der Waals surface area contributed by atoms with Gasteiger partial charge in [-0.15, -0.1) is 11.3 Å². The minimum Gasteiger partial charge on any atom is -0.496 e. The summed E-state index contributed by atoms with van der Waals surface area (Å²) in [6.07, 6.45) is 6.70. The maximum atomic E-state index is 12.4. The Kier molecular flexibility index (Phi) is 3.98. The summed E-state index contributed by atoms with van der Waals surface area (Å²) in [5, 5.41) is 4.64. The fraction of sp³-hybridized carbons (Fsp3) is 0.333. The number of hydrogen-bond donors (Lipinski definition) is 2. The Hall–Kier alpha value is -2.34. The van der Waals surface area contributed by atoms with Crippen molar-refractivity contribution in [3.63, 3.8) is 0 Å². The number of rotatable bonds is 4. The van der Waals surface area contributed by atoms with Crippen molar-refractivity contribution in [1.29, 1.82) is 0 Å². The lowest BCUT2D eigenvalue weighted by atomic mass is 10.0. The highest BCUT2D eigenvalue weighted by molar-refractivity contribution is 7.15. The van der Waals surface area contributed by atoms with Crippen LogP contribution in [0.1, 0.15) is 29.0 Å². The van der Waals surface area contributed by atoms with Gasteiger partial charge >= 0.3 is 0 Å². The van der Waals surface area contributed by atoms with Gasteiger partial charge in [0.2, 0.25) is 5.91 Å². The van der Waals surface area contributed by atoms with Crippen molar-refractivity contribution in [1.82, 2.24) is 9.97 Å². The highest BCUT2D eigenvalue weighted by atomic mass is 32.1. The molecule has 0 saturated carbocycles. The van der Waals surface area contributed by atoms with Gasteiger partial charge in [-0.3, -0.25) is 4.79 Å². The zero-order chi connectivity index (χ0) is 16.5. The highest BCUT2D eigenvalue weighted by Gasteiger charge is 2.17. The lowest BCUT2D eigenvalue weighted by Gasteiger charge is -2.06. The zero-order valence-electron chi connectivity index (χ0n) is 13.5. The molecule has 1 aliphatic rings. The molecule has 0 bridgehead atoms. The molecule has 0 unspecified atom stereocenters. The summed E-state index contributed by atoms with van der Waals surface area (Å²) in [4.78, 5) is 21.5. The number of aromatic amines is 1. The van der Waals surface area contributed by atoms with Crippen LogP contribution in [-0.2, 0) is 24.1 Å². The highest BCUT2D eigenvalue weighted by Crippen LogP contribution is 2.31. The summed E-state index contributed by atoms with van der Waals surface area (Å²) in [5.41, 5.74) is 3.07. The molecule has 1 aromatic carbocycles. The number of benzene rings is 1. The van der Waals surface area contributed by atoms with E-state index in [2.05, 4.69) is 15.3 Å². The van der Waals surface area contributed by atoms with Crippen LogP contribution in [0.4, 0.5) is 5.13 Å². The van der Waals surface area contributed by atoms with Gasteiger partial charge in [-0.1, -0.05) is 6.07 Å². The topological polar surface area (TPSA) is 67.0 Å². The molecule has 4 rings (SSSR count). The van der Waals surface area contributed by atoms with Gasteiger partial charge in [0.15, 0.2) is 5.13 Å². The zero-order valence-corrected chi connectivity index (χ0v) is 14.3. The number of anilines is 1. The minimum atomic E-state index is -0.0482. The molecule has 24 heavy (non-hydrogen) atoms. The number of ether oxygens (including phenoxy) is 1. The van der Waals surface area contributed by atoms with E-state index in [9.17, 15) is 4.79 Å². The molecule has 1 amide bonds. The van der Waals surface area contributed by atoms with Gasteiger partial charge in [0.25, 0.3) is 0 Å². The predicted octanol–water partition coefficient (Wildman–Crippen LogP) is 3.69. The van der Waals surface area contributed by atoms with Crippen LogP contribution in [0.25, 0.3) is 10.9 Å². The number of carbonyl (C=O) groups is 1. The smallest absolute Gasteiger partial charge is 0.230 e. The van der Waals surface area contributed by atoms with Crippen molar-refractivity contribution in [3.8, 4) is 5.75 Å². The molecule has 3 aromatic rings. The number of methoxy groups -OCH3 is 1. The molecule has 0 radical (unpaired) electrons. The van der Waals surface area contributed by atoms with Crippen LogP contribution < -0.4 is 10.1 Å². The molecule has 0 spiro atoms. The number of amides is 1. The number of H-pyrrole nitrogens is 1. The molecule has 2 heterocycles. The predicted molar refractivity (Wildman–Crippen MR) is 95.9 cm³/mol. The van der Waals surface area contributed by atoms with Gasteiger partial charge in [-0.05, 0) is 43.4 Å². The van der Waals surface area contributed by atoms with Gasteiger partial charge in [0, 0.05) is 22.0 Å². The molecular formula is C18H19N3O2S. The third-order valence-corrected chi connectivity index (χ3v) is 5.49. The monoisotopic (exact) mass is 341 g/mol. The Labute approximate surface area is 144 Å². The lowest BCUT2D eigenvalue weighted by molar-refractivity contribution is -0.115. The molecule has 1 aliphatic carbocycles. The summed E-state index contributed by atoms with van der Waals surface area (Å²) in [6, 6.07) is 5.82. The van der Waals surface area contributed by atoms with E-state index < -0.39 is 0 Å². The number of aryl methyl sites for hydroxylation is 2. The van der Waals surface area contributed by atoms with Crippen molar-refractivity contribution in [2.75, 3.05) is 12.4 Å². The fourth-order valence-electron chi connectivity index (χ4n) is 3.27. The largest absolute Gasteiger partial charge is 0.496 e. The van der Waals surface area contributed by atoms with Crippen molar-refractivity contribution in [3.05, 3.63) is 40.5 Å². The molecule has 0 saturated heterocycles. The lowest BCUT2D eigenvalue weighted by Crippen LogP contribution is -2.14. The van der Waals surface area contributed by atoms with E-state index in [-0.39, 0.29) is 5.91 Å². The van der Waals surface area contributed by atoms with Crippen LogP contribution >= 0.6 is 11.3 Å². The Balaban J connectivity index is 1.53. The SMILES string of the molecule is COc1cccc2[nH]cc(CC(=O)Nc3nc4c(s3)CCCC4)c12. The molecule has 0 atom stereocenters. The fourth-order valence-corrected chi connectivity index (χ4v) is 4.34. The average molecular weight is 341 g/mol. The van der Waals surface area contributed by atoms with E-state index in [1.54, 1.807) is 18.4 Å². The Morgan fingerprint density at radius 2 is 2.25 bits per heavy atom. The molecule has 6 heteroatoms. The summed E-state index contributed by atoms with van der Waals surface area (Å²) >= 11 is 1.61. The number of fused-ring (bicyclic) bond motifs is 2. The third-order valence-electron chi connectivity index (χ3n) is 4.41. The van der Waals surface area contributed by atoms with Crippen LogP contribution in [0.5, 0.6) is 5.75 Å². The van der Waals surface area contributed by atoms with Crippen molar-refractivity contribution >= 4 is 33.3 Å². The summed E-state index contributed by atoms with van der Waals surface area (Å²) in [6.45, 7) is 0. The van der Waals surface area contributed by atoms with Crippen molar-refractivity contribution < 1.29 is 9.53 Å². The average Bonchev–Trinajstić information content (AvgIpc) is 3.18. The first kappa shape index (κ1) is 15.2. The third kappa shape index (κ3) is 2.78. The molecule has 0 fully saturated rings. The van der Waals surface area contributed by atoms with E-state index in [0.717, 1.165) is 45.9 Å². The number of nitrogens with one attached hydrogen (secondary N) is 2. The number of aromatic nitrogens is 2. The summed E-state index contributed by atoms with van der Waals surface area (Å²) < 4.78 is 5.42. The molecule has 5 nitrogen and oxygen atoms in total. The Morgan fingerprint density at radius 3 is 3.08 bits per heavy atom. The van der Waals surface area contributed by atoms with Gasteiger partial charge in [0.1, 0.15) is 5.75 Å².